The van der Waals surface area contributed by atoms with E-state index in [2.05, 4.69) is 20.8 Å². The summed E-state index contributed by atoms with van der Waals surface area (Å²) in [5.74, 6) is -0.161. The summed E-state index contributed by atoms with van der Waals surface area (Å²) >= 11 is 0. The van der Waals surface area contributed by atoms with Crippen molar-refractivity contribution in [3.63, 3.8) is 0 Å². The number of hydrogen-bond donors (Lipinski definition) is 20. The third-order valence-corrected chi connectivity index (χ3v) is 23.9. The molecule has 4 aliphatic carbocycles. The van der Waals surface area contributed by atoms with Crippen LogP contribution in [0.15, 0.2) is 0 Å². The highest BCUT2D eigenvalue weighted by atomic mass is 16.8. The van der Waals surface area contributed by atoms with E-state index < -0.39 is 230 Å². The van der Waals surface area contributed by atoms with Crippen molar-refractivity contribution in [1.82, 2.24) is 0 Å². The third-order valence-electron chi connectivity index (χ3n) is 23.9. The molecule has 0 aromatic carbocycles. The Morgan fingerprint density at radius 3 is 1.60 bits per heavy atom. The Morgan fingerprint density at radius 1 is 0.453 bits per heavy atom. The van der Waals surface area contributed by atoms with E-state index in [4.69, 9.17) is 61.6 Å². The Labute approximate surface area is 548 Å². The van der Waals surface area contributed by atoms with E-state index in [1.807, 2.05) is 6.92 Å². The summed E-state index contributed by atoms with van der Waals surface area (Å²) in [5.41, 5.74) is -0.162. The van der Waals surface area contributed by atoms with Gasteiger partial charge in [0.05, 0.1) is 58.5 Å². The minimum atomic E-state index is -2.17. The van der Waals surface area contributed by atoms with E-state index >= 15 is 0 Å². The minimum absolute atomic E-state index is 0.0737. The molecule has 20 N–H and O–H groups in total. The molecule has 7 saturated heterocycles. The van der Waals surface area contributed by atoms with Gasteiger partial charge in [-0.05, 0) is 104 Å². The molecule has 7 aliphatic heterocycles. The molecule has 0 unspecified atom stereocenters. The van der Waals surface area contributed by atoms with Crippen molar-refractivity contribution in [2.24, 2.45) is 52.3 Å². The molecule has 33 nitrogen and oxygen atoms in total. The van der Waals surface area contributed by atoms with Gasteiger partial charge < -0.3 is 164 Å². The van der Waals surface area contributed by atoms with Crippen LogP contribution in [-0.2, 0) is 61.6 Å². The van der Waals surface area contributed by atoms with Crippen LogP contribution in [0.3, 0.4) is 0 Å². The predicted octanol–water partition coefficient (Wildman–Crippen LogP) is -7.67. The second-order valence-electron chi connectivity index (χ2n) is 29.4. The van der Waals surface area contributed by atoms with Gasteiger partial charge in [0.2, 0.25) is 0 Å². The van der Waals surface area contributed by atoms with Gasteiger partial charge in [-0.15, -0.1) is 0 Å². The van der Waals surface area contributed by atoms with Crippen molar-refractivity contribution in [2.45, 2.75) is 288 Å². The summed E-state index contributed by atoms with van der Waals surface area (Å²) in [5, 5.41) is 217. The highest BCUT2D eigenvalue weighted by Crippen LogP contribution is 2.71. The fourth-order valence-corrected chi connectivity index (χ4v) is 18.3. The molecule has 95 heavy (non-hydrogen) atoms. The molecular weight excluding hydrogens is 1270 g/mol. The number of rotatable bonds is 21. The number of aliphatic hydroxyl groups excluding tert-OH is 19. The van der Waals surface area contributed by atoms with Crippen LogP contribution in [0.2, 0.25) is 0 Å². The van der Waals surface area contributed by atoms with E-state index in [1.54, 1.807) is 0 Å². The van der Waals surface area contributed by atoms with Gasteiger partial charge in [0, 0.05) is 12.3 Å². The number of ether oxygens (including phenoxy) is 13. The maximum Gasteiger partial charge on any atom is 0.187 e. The fraction of sp³-hybridized carbons (Fsp3) is 1.00. The monoisotopic (exact) mass is 1380 g/mol. The molecule has 550 valence electrons. The molecule has 0 spiro atoms. The van der Waals surface area contributed by atoms with Crippen LogP contribution in [0.25, 0.3) is 0 Å². The van der Waals surface area contributed by atoms with E-state index in [9.17, 15) is 102 Å². The van der Waals surface area contributed by atoms with Crippen LogP contribution in [0, 0.1) is 52.3 Å². The van der Waals surface area contributed by atoms with Crippen molar-refractivity contribution >= 4 is 0 Å². The molecule has 7 heterocycles. The molecule has 0 aromatic rings. The maximum absolute atomic E-state index is 12.2. The summed E-state index contributed by atoms with van der Waals surface area (Å²) in [4.78, 5) is 0. The zero-order valence-electron chi connectivity index (χ0n) is 53.7. The van der Waals surface area contributed by atoms with Crippen LogP contribution >= 0.6 is 0 Å². The van der Waals surface area contributed by atoms with Crippen molar-refractivity contribution in [3.8, 4) is 0 Å². The highest BCUT2D eigenvalue weighted by Gasteiger charge is 2.69. The van der Waals surface area contributed by atoms with E-state index in [1.165, 1.54) is 0 Å². The van der Waals surface area contributed by atoms with Crippen LogP contribution in [0.1, 0.15) is 91.9 Å². The Bertz CT molecular complexity index is 2460. The van der Waals surface area contributed by atoms with E-state index in [-0.39, 0.29) is 47.2 Å². The number of aliphatic hydroxyl groups is 20. The zero-order chi connectivity index (χ0) is 68.7. The third kappa shape index (κ3) is 14.1. The summed E-state index contributed by atoms with van der Waals surface area (Å²) in [6, 6.07) is 0. The van der Waals surface area contributed by atoms with Gasteiger partial charge in [-0.1, -0.05) is 27.7 Å². The van der Waals surface area contributed by atoms with Crippen LogP contribution in [0.4, 0.5) is 0 Å². The molecular formula is C62H104O33. The zero-order valence-corrected chi connectivity index (χ0v) is 53.7. The lowest BCUT2D eigenvalue weighted by atomic mass is 9.44. The Morgan fingerprint density at radius 2 is 0.958 bits per heavy atom. The van der Waals surface area contributed by atoms with Gasteiger partial charge >= 0.3 is 0 Å². The van der Waals surface area contributed by atoms with Crippen LogP contribution < -0.4 is 0 Å². The lowest BCUT2D eigenvalue weighted by Gasteiger charge is -2.61. The van der Waals surface area contributed by atoms with Gasteiger partial charge in [-0.2, -0.15) is 0 Å². The first-order valence-corrected chi connectivity index (χ1v) is 33.8. The SMILES string of the molecule is C[C@H](CC[C@@]1(O)O[C@H]2C[C@H]3[C@@H]4CC[C@H]5C[C@@H](O[C@@H]6O[C@H](CO)[C@H](O[C@@H]7O[C@H](CO)[C@@H](O)[C@H](O[C@@H]8O[C@H](CO)[C@@H](O)[C@H](O)[C@H]8O)[C@H]7O[C@@H]7O[C@H](CO)[C@@H](O)[C@H](O[C@@H]8OC[C@@H](O)[C@H](O)[C@H]8O)[C@H]7O)[C@H](O)[C@H]6O)CC[C@]5(C)[C@H]4CC[C@]3(C)[C@H]2[C@@H]1C)CO[C@@H]1O[C@H](CO)[C@@H](O)[C@H](O)[C@H]1O. The quantitative estimate of drug-likeness (QED) is 0.0475. The first-order valence-electron chi connectivity index (χ1n) is 33.8. The number of fused-ring (bicyclic) bond motifs is 7. The Hall–Kier alpha value is -1.32. The molecule has 0 radical (unpaired) electrons. The first-order chi connectivity index (χ1) is 45.1. The summed E-state index contributed by atoms with van der Waals surface area (Å²) < 4.78 is 77.9. The molecule has 4 saturated carbocycles. The van der Waals surface area contributed by atoms with Crippen molar-refractivity contribution in [1.29, 1.82) is 0 Å². The predicted molar refractivity (Wildman–Crippen MR) is 311 cm³/mol. The topological polar surface area (TPSA) is 525 Å². The van der Waals surface area contributed by atoms with Crippen molar-refractivity contribution in [3.05, 3.63) is 0 Å². The van der Waals surface area contributed by atoms with Gasteiger partial charge in [-0.3, -0.25) is 0 Å². The Kier molecular flexibility index (Phi) is 23.8. The molecule has 11 fully saturated rings. The molecule has 0 bridgehead atoms. The molecule has 41 atom stereocenters. The van der Waals surface area contributed by atoms with Crippen molar-refractivity contribution < 1.29 is 164 Å². The summed E-state index contributed by atoms with van der Waals surface area (Å²) in [6.07, 6.45) is -45.1. The molecule has 0 amide bonds. The number of hydrogen-bond acceptors (Lipinski definition) is 33. The average Bonchev–Trinajstić information content (AvgIpc) is 1.55. The normalized spacial score (nSPS) is 55.3. The van der Waals surface area contributed by atoms with Gasteiger partial charge in [0.15, 0.2) is 43.5 Å². The van der Waals surface area contributed by atoms with Gasteiger partial charge in [-0.25, -0.2) is 0 Å². The van der Waals surface area contributed by atoms with E-state index in [0.29, 0.717) is 43.4 Å². The minimum Gasteiger partial charge on any atom is -0.394 e. The standard InChI is InChI=1S/C62H104O33/c1-22(20-83-54-46(78)42(74)38(70)31(15-63)86-54)7-12-62(82)23(2)36-30(95-62)14-28-26-6-5-24-13-25(8-10-60(24,3)27(26)9-11-61(28,36)4)85-56-48(80)44(76)50(35(19-67)90-56)91-59-53(52(41(73)34(18-66)89-59)93-57-47(79)43(75)39(71)32(16-64)87-57)94-58-49(81)51(40(72)33(17-65)88-58)92-55-45(77)37(69)29(68)21-84-55/h22-59,63-82H,5-21H2,1-4H3/t22-,23+,24+,25+,26-,27+,28+,29-,30+,31-,32-,33-,34-,35-,36+,37+,38-,39-,40-,41-,42+,43+,44-,45-,46-,47-,48-,49-,50+,51+,52+,53-,54-,55+,56-,57+,58+,59+,60+,61+,62-/m1/s1. The molecule has 0 aromatic heterocycles. The van der Waals surface area contributed by atoms with Gasteiger partial charge in [0.1, 0.15) is 140 Å². The second-order valence-corrected chi connectivity index (χ2v) is 29.4. The van der Waals surface area contributed by atoms with Crippen LogP contribution in [-0.4, -0.2) is 345 Å². The van der Waals surface area contributed by atoms with Crippen molar-refractivity contribution in [2.75, 3.05) is 46.2 Å². The lowest BCUT2D eigenvalue weighted by Crippen LogP contribution is -2.69. The average molecular weight is 1380 g/mol. The van der Waals surface area contributed by atoms with Crippen LogP contribution in [0.5, 0.6) is 0 Å². The summed E-state index contributed by atoms with van der Waals surface area (Å²) in [6.45, 7) is 3.99. The van der Waals surface area contributed by atoms with E-state index in [0.717, 1.165) is 38.5 Å². The Balaban J connectivity index is 0.738. The second kappa shape index (κ2) is 30.2. The molecule has 33 heteroatoms. The largest absolute Gasteiger partial charge is 0.394 e. The lowest BCUT2D eigenvalue weighted by molar-refractivity contribution is -0.410. The first kappa shape index (κ1) is 74.9. The molecule has 11 rings (SSSR count). The fourth-order valence-electron chi connectivity index (χ4n) is 18.3. The van der Waals surface area contributed by atoms with Gasteiger partial charge in [0.25, 0.3) is 0 Å². The summed E-state index contributed by atoms with van der Waals surface area (Å²) in [7, 11) is 0. The highest BCUT2D eigenvalue weighted by molar-refractivity contribution is 5.15. The molecule has 11 aliphatic rings. The smallest absolute Gasteiger partial charge is 0.187 e. The maximum atomic E-state index is 12.2.